The Balaban J connectivity index is 1.62. The van der Waals surface area contributed by atoms with Crippen LogP contribution in [0.25, 0.3) is 6.08 Å². The average molecular weight is 477 g/mol. The molecular weight excluding hydrogens is 456 g/mol. The number of carbonyl (C=O) groups excluding carboxylic acids is 1. The first-order chi connectivity index (χ1) is 15.1. The van der Waals surface area contributed by atoms with Gasteiger partial charge >= 0.3 is 0 Å². The number of hydrogen-bond donors (Lipinski definition) is 1. The molecule has 3 rings (SSSR count). The highest BCUT2D eigenvalue weighted by atomic mass is 79.9. The van der Waals surface area contributed by atoms with Crippen LogP contribution in [-0.2, 0) is 11.4 Å². The topological polar surface area (TPSA) is 71.3 Å². The van der Waals surface area contributed by atoms with Gasteiger partial charge in [0.05, 0.1) is 6.61 Å². The van der Waals surface area contributed by atoms with Gasteiger partial charge in [-0.25, -0.2) is 0 Å². The van der Waals surface area contributed by atoms with Crippen molar-refractivity contribution in [2.75, 3.05) is 11.9 Å². The maximum atomic E-state index is 12.5. The lowest BCUT2D eigenvalue weighted by molar-refractivity contribution is -0.112. The summed E-state index contributed by atoms with van der Waals surface area (Å²) in [4.78, 5) is 12.5. The van der Waals surface area contributed by atoms with Crippen LogP contribution in [0.2, 0.25) is 0 Å². The van der Waals surface area contributed by atoms with E-state index in [1.54, 1.807) is 42.5 Å². The molecule has 0 atom stereocenters. The molecule has 31 heavy (non-hydrogen) atoms. The number of benzene rings is 3. The van der Waals surface area contributed by atoms with Gasteiger partial charge in [0.15, 0.2) is 0 Å². The first-order valence-electron chi connectivity index (χ1n) is 9.71. The molecule has 0 aliphatic heterocycles. The third kappa shape index (κ3) is 6.46. The standard InChI is InChI=1S/C25H21BrN2O3/c1-2-30-22-13-9-21(10-14-22)28-25(29)20(16-27)15-18-7-11-23(12-8-18)31-17-19-5-3-4-6-24(19)26/h3-15H,2,17H2,1H3,(H,28,29)/b20-15+. The van der Waals surface area contributed by atoms with E-state index in [0.29, 0.717) is 24.7 Å². The van der Waals surface area contributed by atoms with Crippen molar-refractivity contribution in [2.24, 2.45) is 0 Å². The van der Waals surface area contributed by atoms with E-state index < -0.39 is 5.91 Å². The molecular formula is C25H21BrN2O3. The van der Waals surface area contributed by atoms with E-state index in [0.717, 1.165) is 21.3 Å². The molecule has 0 saturated carbocycles. The van der Waals surface area contributed by atoms with Crippen LogP contribution in [0.4, 0.5) is 5.69 Å². The second-order valence-electron chi connectivity index (χ2n) is 6.53. The van der Waals surface area contributed by atoms with E-state index in [1.807, 2.05) is 49.4 Å². The minimum absolute atomic E-state index is 0.00997. The lowest BCUT2D eigenvalue weighted by Crippen LogP contribution is -2.13. The lowest BCUT2D eigenvalue weighted by Gasteiger charge is -2.08. The van der Waals surface area contributed by atoms with Crippen LogP contribution < -0.4 is 14.8 Å². The minimum atomic E-state index is -0.471. The fourth-order valence-corrected chi connectivity index (χ4v) is 3.15. The zero-order valence-corrected chi connectivity index (χ0v) is 18.6. The summed E-state index contributed by atoms with van der Waals surface area (Å²) in [5, 5.41) is 12.1. The third-order valence-electron chi connectivity index (χ3n) is 4.33. The molecule has 1 N–H and O–H groups in total. The third-order valence-corrected chi connectivity index (χ3v) is 5.11. The second-order valence-corrected chi connectivity index (χ2v) is 7.38. The van der Waals surface area contributed by atoms with Crippen LogP contribution in [0.15, 0.2) is 82.8 Å². The van der Waals surface area contributed by atoms with Gasteiger partial charge in [0.2, 0.25) is 0 Å². The molecule has 0 saturated heterocycles. The number of nitrogens with zero attached hydrogens (tertiary/aromatic N) is 1. The van der Waals surface area contributed by atoms with Gasteiger partial charge in [-0.05, 0) is 61.0 Å². The fraction of sp³-hybridized carbons (Fsp3) is 0.120. The summed E-state index contributed by atoms with van der Waals surface area (Å²) in [6.45, 7) is 2.91. The van der Waals surface area contributed by atoms with Crippen LogP contribution >= 0.6 is 15.9 Å². The first-order valence-corrected chi connectivity index (χ1v) is 10.5. The normalized spacial score (nSPS) is 10.8. The van der Waals surface area contributed by atoms with Crippen molar-refractivity contribution in [1.29, 1.82) is 5.26 Å². The summed E-state index contributed by atoms with van der Waals surface area (Å²) in [5.74, 6) is 0.949. The smallest absolute Gasteiger partial charge is 0.266 e. The van der Waals surface area contributed by atoms with Gasteiger partial charge in [0, 0.05) is 15.7 Å². The van der Waals surface area contributed by atoms with Crippen LogP contribution in [-0.4, -0.2) is 12.5 Å². The Morgan fingerprint density at radius 2 is 1.65 bits per heavy atom. The maximum Gasteiger partial charge on any atom is 0.266 e. The number of halogens is 1. The van der Waals surface area contributed by atoms with Crippen molar-refractivity contribution in [2.45, 2.75) is 13.5 Å². The maximum absolute atomic E-state index is 12.5. The molecule has 0 aliphatic carbocycles. The van der Waals surface area contributed by atoms with Gasteiger partial charge in [-0.1, -0.05) is 46.3 Å². The van der Waals surface area contributed by atoms with E-state index in [1.165, 1.54) is 0 Å². The van der Waals surface area contributed by atoms with Crippen molar-refractivity contribution < 1.29 is 14.3 Å². The van der Waals surface area contributed by atoms with Crippen molar-refractivity contribution >= 4 is 33.6 Å². The molecule has 6 heteroatoms. The average Bonchev–Trinajstić information content (AvgIpc) is 2.79. The van der Waals surface area contributed by atoms with Crippen molar-refractivity contribution in [3.8, 4) is 17.6 Å². The number of amides is 1. The molecule has 0 bridgehead atoms. The van der Waals surface area contributed by atoms with Crippen LogP contribution in [0.5, 0.6) is 11.5 Å². The van der Waals surface area contributed by atoms with Gasteiger partial charge in [-0.15, -0.1) is 0 Å². The highest BCUT2D eigenvalue weighted by Crippen LogP contribution is 2.21. The number of nitriles is 1. The Bertz CT molecular complexity index is 1100. The van der Waals surface area contributed by atoms with Gasteiger partial charge < -0.3 is 14.8 Å². The molecule has 1 amide bonds. The molecule has 0 spiro atoms. The molecule has 0 heterocycles. The van der Waals surface area contributed by atoms with Gasteiger partial charge in [-0.2, -0.15) is 5.26 Å². The molecule has 0 aliphatic rings. The number of anilines is 1. The Hall–Kier alpha value is -3.56. The number of carbonyl (C=O) groups is 1. The van der Waals surface area contributed by atoms with Gasteiger partial charge in [-0.3, -0.25) is 4.79 Å². The van der Waals surface area contributed by atoms with Crippen molar-refractivity contribution in [1.82, 2.24) is 0 Å². The summed E-state index contributed by atoms with van der Waals surface area (Å²) in [6.07, 6.45) is 1.54. The predicted octanol–water partition coefficient (Wildman–Crippen LogP) is 5.97. The van der Waals surface area contributed by atoms with Crippen LogP contribution in [0, 0.1) is 11.3 Å². The zero-order chi connectivity index (χ0) is 22.1. The monoisotopic (exact) mass is 476 g/mol. The lowest BCUT2D eigenvalue weighted by atomic mass is 10.1. The van der Waals surface area contributed by atoms with E-state index >= 15 is 0 Å². The molecule has 0 aromatic heterocycles. The molecule has 156 valence electrons. The Morgan fingerprint density at radius 1 is 1.00 bits per heavy atom. The summed E-state index contributed by atoms with van der Waals surface area (Å²) in [7, 11) is 0. The second kappa shape index (κ2) is 11.0. The number of nitrogens with one attached hydrogen (secondary N) is 1. The Kier molecular flexibility index (Phi) is 7.85. The predicted molar refractivity (Wildman–Crippen MR) is 125 cm³/mol. The molecule has 3 aromatic carbocycles. The molecule has 0 radical (unpaired) electrons. The van der Waals surface area contributed by atoms with Gasteiger partial charge in [0.25, 0.3) is 5.91 Å². The summed E-state index contributed by atoms with van der Waals surface area (Å²) in [6, 6.07) is 24.0. The SMILES string of the molecule is CCOc1ccc(NC(=O)/C(C#N)=C/c2ccc(OCc3ccccc3Br)cc2)cc1. The molecule has 0 unspecified atom stereocenters. The summed E-state index contributed by atoms with van der Waals surface area (Å²) < 4.78 is 12.2. The number of ether oxygens (including phenoxy) is 2. The van der Waals surface area contributed by atoms with E-state index in [4.69, 9.17) is 9.47 Å². The fourth-order valence-electron chi connectivity index (χ4n) is 2.75. The highest BCUT2D eigenvalue weighted by molar-refractivity contribution is 9.10. The Morgan fingerprint density at radius 3 is 2.29 bits per heavy atom. The zero-order valence-electron chi connectivity index (χ0n) is 17.0. The number of hydrogen-bond acceptors (Lipinski definition) is 4. The quantitative estimate of drug-likeness (QED) is 0.321. The molecule has 3 aromatic rings. The van der Waals surface area contributed by atoms with Crippen molar-refractivity contribution in [3.05, 3.63) is 94.0 Å². The Labute approximate surface area is 190 Å². The van der Waals surface area contributed by atoms with Crippen LogP contribution in [0.1, 0.15) is 18.1 Å². The summed E-state index contributed by atoms with van der Waals surface area (Å²) >= 11 is 3.50. The number of rotatable bonds is 8. The van der Waals surface area contributed by atoms with E-state index in [9.17, 15) is 10.1 Å². The van der Waals surface area contributed by atoms with E-state index in [-0.39, 0.29) is 5.57 Å². The highest BCUT2D eigenvalue weighted by Gasteiger charge is 2.10. The van der Waals surface area contributed by atoms with Crippen LogP contribution in [0.3, 0.4) is 0 Å². The first kappa shape index (κ1) is 22.1. The largest absolute Gasteiger partial charge is 0.494 e. The van der Waals surface area contributed by atoms with E-state index in [2.05, 4.69) is 21.2 Å². The minimum Gasteiger partial charge on any atom is -0.494 e. The molecule has 5 nitrogen and oxygen atoms in total. The van der Waals surface area contributed by atoms with Gasteiger partial charge in [0.1, 0.15) is 29.7 Å². The summed E-state index contributed by atoms with van der Waals surface area (Å²) in [5.41, 5.74) is 2.37. The molecule has 0 fully saturated rings. The van der Waals surface area contributed by atoms with Crippen molar-refractivity contribution in [3.63, 3.8) is 0 Å².